The van der Waals surface area contributed by atoms with Gasteiger partial charge in [0.15, 0.2) is 0 Å². The second kappa shape index (κ2) is 8.26. The Bertz CT molecular complexity index is 1290. The van der Waals surface area contributed by atoms with Gasteiger partial charge in [-0.15, -0.1) is 0 Å². The smallest absolute Gasteiger partial charge is 0.273 e. The van der Waals surface area contributed by atoms with Crippen LogP contribution in [0.2, 0.25) is 0 Å². The molecule has 30 heavy (non-hydrogen) atoms. The number of benzene rings is 2. The van der Waals surface area contributed by atoms with Gasteiger partial charge in [-0.1, -0.05) is 12.1 Å². The third kappa shape index (κ3) is 4.84. The molecule has 1 heterocycles. The molecule has 0 radical (unpaired) electrons. The maximum Gasteiger partial charge on any atom is 0.273 e. The Morgan fingerprint density at radius 1 is 0.967 bits per heavy atom. The van der Waals surface area contributed by atoms with Gasteiger partial charge in [0.25, 0.3) is 15.7 Å². The highest BCUT2D eigenvalue weighted by Crippen LogP contribution is 2.25. The van der Waals surface area contributed by atoms with Gasteiger partial charge in [0.05, 0.1) is 33.2 Å². The number of nitro groups is 1. The monoisotopic (exact) mass is 451 g/mol. The fraction of sp³-hybridized carbons (Fsp3) is 0.111. The summed E-state index contributed by atoms with van der Waals surface area (Å²) in [6, 6.07) is 11.9. The Kier molecular flexibility index (Phi) is 5.92. The lowest BCUT2D eigenvalue weighted by Crippen LogP contribution is -2.23. The Labute approximate surface area is 172 Å². The number of aryl methyl sites for hydroxylation is 1. The summed E-state index contributed by atoms with van der Waals surface area (Å²) in [4.78, 5) is 9.92. The summed E-state index contributed by atoms with van der Waals surface area (Å²) in [7, 11) is -8.12. The number of furan rings is 1. The number of nitro benzene ring substituents is 1. The molecule has 158 valence electrons. The molecule has 0 unspecified atom stereocenters. The van der Waals surface area contributed by atoms with Gasteiger partial charge in [0.1, 0.15) is 5.76 Å². The average Bonchev–Trinajstić information content (AvgIpc) is 3.20. The fourth-order valence-corrected chi connectivity index (χ4v) is 4.66. The summed E-state index contributed by atoms with van der Waals surface area (Å²) in [5.74, 6) is 0.413. The number of anilines is 1. The summed E-state index contributed by atoms with van der Waals surface area (Å²) < 4.78 is 59.8. The molecule has 0 spiro atoms. The van der Waals surface area contributed by atoms with Crippen LogP contribution in [0.3, 0.4) is 0 Å². The van der Waals surface area contributed by atoms with Crippen molar-refractivity contribution in [1.29, 1.82) is 0 Å². The number of hydrogen-bond acceptors (Lipinski definition) is 7. The normalized spacial score (nSPS) is 11.9. The largest absolute Gasteiger partial charge is 0.468 e. The predicted octanol–water partition coefficient (Wildman–Crippen LogP) is 2.78. The molecule has 0 bridgehead atoms. The van der Waals surface area contributed by atoms with Crippen LogP contribution >= 0.6 is 0 Å². The van der Waals surface area contributed by atoms with E-state index < -0.39 is 25.0 Å². The van der Waals surface area contributed by atoms with Crippen molar-refractivity contribution in [3.05, 3.63) is 82.3 Å². The van der Waals surface area contributed by atoms with Gasteiger partial charge in [-0.3, -0.25) is 14.8 Å². The maximum absolute atomic E-state index is 12.6. The highest BCUT2D eigenvalue weighted by molar-refractivity contribution is 7.92. The first-order valence-corrected chi connectivity index (χ1v) is 11.4. The van der Waals surface area contributed by atoms with E-state index in [2.05, 4.69) is 9.44 Å². The molecule has 0 amide bonds. The van der Waals surface area contributed by atoms with E-state index in [4.69, 9.17) is 4.42 Å². The quantitative estimate of drug-likeness (QED) is 0.395. The van der Waals surface area contributed by atoms with E-state index in [0.717, 1.165) is 12.1 Å². The number of rotatable bonds is 8. The van der Waals surface area contributed by atoms with Crippen molar-refractivity contribution in [1.82, 2.24) is 4.72 Å². The Morgan fingerprint density at radius 3 is 2.37 bits per heavy atom. The number of hydrogen-bond donors (Lipinski definition) is 2. The van der Waals surface area contributed by atoms with Gasteiger partial charge in [0, 0.05) is 11.6 Å². The summed E-state index contributed by atoms with van der Waals surface area (Å²) >= 11 is 0. The van der Waals surface area contributed by atoms with Crippen LogP contribution in [0.1, 0.15) is 11.3 Å². The molecule has 3 aromatic rings. The molecule has 10 nitrogen and oxygen atoms in total. The van der Waals surface area contributed by atoms with Crippen molar-refractivity contribution < 1.29 is 26.2 Å². The maximum atomic E-state index is 12.6. The molecule has 2 aromatic carbocycles. The Hall–Kier alpha value is -3.22. The Balaban J connectivity index is 1.84. The zero-order chi connectivity index (χ0) is 21.9. The summed E-state index contributed by atoms with van der Waals surface area (Å²) in [6.45, 7) is 1.42. The van der Waals surface area contributed by atoms with E-state index in [1.807, 2.05) is 0 Å². The average molecular weight is 451 g/mol. The van der Waals surface area contributed by atoms with E-state index in [1.54, 1.807) is 12.1 Å². The molecule has 0 aliphatic carbocycles. The molecular weight excluding hydrogens is 434 g/mol. The molecule has 1 aromatic heterocycles. The Morgan fingerprint density at radius 2 is 1.70 bits per heavy atom. The number of nitrogens with zero attached hydrogens (tertiary/aromatic N) is 1. The summed E-state index contributed by atoms with van der Waals surface area (Å²) in [5.41, 5.74) is -0.0369. The van der Waals surface area contributed by atoms with E-state index in [-0.39, 0.29) is 27.7 Å². The van der Waals surface area contributed by atoms with Crippen molar-refractivity contribution >= 4 is 31.4 Å². The molecule has 0 fully saturated rings. The lowest BCUT2D eigenvalue weighted by Gasteiger charge is -2.11. The molecule has 0 saturated carbocycles. The van der Waals surface area contributed by atoms with Crippen LogP contribution in [0, 0.1) is 17.0 Å². The number of sulfonamides is 2. The lowest BCUT2D eigenvalue weighted by atomic mass is 10.2. The van der Waals surface area contributed by atoms with Crippen LogP contribution in [0.15, 0.2) is 75.1 Å². The second-order valence-electron chi connectivity index (χ2n) is 6.24. The predicted molar refractivity (Wildman–Crippen MR) is 108 cm³/mol. The van der Waals surface area contributed by atoms with Gasteiger partial charge in [0.2, 0.25) is 10.0 Å². The van der Waals surface area contributed by atoms with Gasteiger partial charge in [-0.05, 0) is 43.3 Å². The zero-order valence-electron chi connectivity index (χ0n) is 15.6. The molecular formula is C18H17N3O7S2. The van der Waals surface area contributed by atoms with Crippen LogP contribution in [0.4, 0.5) is 11.4 Å². The van der Waals surface area contributed by atoms with Crippen molar-refractivity contribution in [3.63, 3.8) is 0 Å². The van der Waals surface area contributed by atoms with E-state index in [1.165, 1.54) is 43.5 Å². The van der Waals surface area contributed by atoms with Gasteiger partial charge >= 0.3 is 0 Å². The molecule has 3 rings (SSSR count). The van der Waals surface area contributed by atoms with Gasteiger partial charge in [-0.2, -0.15) is 0 Å². The van der Waals surface area contributed by atoms with Crippen molar-refractivity contribution in [2.75, 3.05) is 4.72 Å². The second-order valence-corrected chi connectivity index (χ2v) is 9.69. The topological polar surface area (TPSA) is 149 Å². The van der Waals surface area contributed by atoms with Gasteiger partial charge < -0.3 is 4.42 Å². The summed E-state index contributed by atoms with van der Waals surface area (Å²) in [6.07, 6.45) is 1.41. The van der Waals surface area contributed by atoms with Gasteiger partial charge in [-0.25, -0.2) is 21.6 Å². The highest BCUT2D eigenvalue weighted by Gasteiger charge is 2.21. The zero-order valence-corrected chi connectivity index (χ0v) is 17.2. The van der Waals surface area contributed by atoms with Crippen LogP contribution in [0.5, 0.6) is 0 Å². The number of nitrogens with one attached hydrogen (secondary N) is 2. The third-order valence-corrected chi connectivity index (χ3v) is 6.88. The minimum Gasteiger partial charge on any atom is -0.468 e. The summed E-state index contributed by atoms with van der Waals surface area (Å²) in [5, 5.41) is 11.1. The van der Waals surface area contributed by atoms with Crippen LogP contribution < -0.4 is 9.44 Å². The van der Waals surface area contributed by atoms with E-state index >= 15 is 0 Å². The van der Waals surface area contributed by atoms with Crippen molar-refractivity contribution in [2.24, 2.45) is 0 Å². The van der Waals surface area contributed by atoms with Crippen LogP contribution in [0.25, 0.3) is 0 Å². The fourth-order valence-electron chi connectivity index (χ4n) is 2.56. The van der Waals surface area contributed by atoms with Crippen LogP contribution in [-0.4, -0.2) is 21.8 Å². The SMILES string of the molecule is Cc1ccc(S(=O)(=O)Nc2cccc(S(=O)(=O)NCc3ccco3)c2)cc1[N+](=O)[O-]. The van der Waals surface area contributed by atoms with Crippen LogP contribution in [-0.2, 0) is 26.6 Å². The minimum atomic E-state index is -4.18. The first-order valence-electron chi connectivity index (χ1n) is 8.48. The first kappa shape index (κ1) is 21.5. The highest BCUT2D eigenvalue weighted by atomic mass is 32.2. The van der Waals surface area contributed by atoms with E-state index in [0.29, 0.717) is 11.3 Å². The molecule has 2 N–H and O–H groups in total. The minimum absolute atomic E-state index is 0.0147. The van der Waals surface area contributed by atoms with Crippen molar-refractivity contribution in [3.8, 4) is 0 Å². The lowest BCUT2D eigenvalue weighted by molar-refractivity contribution is -0.385. The standard InChI is InChI=1S/C18H17N3O7S2/c1-13-7-8-17(11-18(13)21(22)23)30(26,27)20-14-4-2-6-16(10-14)29(24,25)19-12-15-5-3-9-28-15/h2-11,19-20H,12H2,1H3. The molecule has 0 saturated heterocycles. The first-order chi connectivity index (χ1) is 14.1. The molecule has 0 atom stereocenters. The van der Waals surface area contributed by atoms with Crippen molar-refractivity contribution in [2.45, 2.75) is 23.3 Å². The third-order valence-electron chi connectivity index (χ3n) is 4.10. The van der Waals surface area contributed by atoms with E-state index in [9.17, 15) is 26.9 Å². The molecule has 0 aliphatic rings. The molecule has 12 heteroatoms. The molecule has 0 aliphatic heterocycles.